The first-order valence-electron chi connectivity index (χ1n) is 13.7. The van der Waals surface area contributed by atoms with Crippen LogP contribution in [0.1, 0.15) is 106 Å². The molecule has 5 fully saturated rings. The minimum Gasteiger partial charge on any atom is -0.481 e. The van der Waals surface area contributed by atoms with E-state index in [-0.39, 0.29) is 27.6 Å². The Balaban J connectivity index is 1.57. The lowest BCUT2D eigenvalue weighted by molar-refractivity contribution is -0.235. The maximum Gasteiger partial charge on any atom is 0.309 e. The largest absolute Gasteiger partial charge is 0.481 e. The second-order valence-electron chi connectivity index (χ2n) is 14.3. The highest BCUT2D eigenvalue weighted by molar-refractivity contribution is 5.85. The molecule has 0 amide bonds. The van der Waals surface area contributed by atoms with Crippen LogP contribution in [0.2, 0.25) is 0 Å². The third-order valence-electron chi connectivity index (χ3n) is 13.2. The Kier molecular flexibility index (Phi) is 4.99. The van der Waals surface area contributed by atoms with Crippen LogP contribution in [0, 0.1) is 56.7 Å². The Bertz CT molecular complexity index is 902. The molecule has 0 spiro atoms. The molecule has 3 heteroatoms. The molecule has 9 atom stereocenters. The molecule has 33 heavy (non-hydrogen) atoms. The van der Waals surface area contributed by atoms with E-state index in [4.69, 9.17) is 0 Å². The van der Waals surface area contributed by atoms with Crippen molar-refractivity contribution < 1.29 is 14.7 Å². The zero-order valence-electron chi connectivity index (χ0n) is 21.9. The highest BCUT2D eigenvalue weighted by atomic mass is 16.4. The Labute approximate surface area is 201 Å². The van der Waals surface area contributed by atoms with E-state index in [1.54, 1.807) is 0 Å². The molecule has 0 radical (unpaired) electrons. The predicted octanol–water partition coefficient (Wildman–Crippen LogP) is 7.30. The smallest absolute Gasteiger partial charge is 0.309 e. The van der Waals surface area contributed by atoms with Gasteiger partial charge in [-0.15, -0.1) is 0 Å². The monoisotopic (exact) mass is 454 g/mol. The lowest BCUT2D eigenvalue weighted by Crippen LogP contribution is -2.66. The summed E-state index contributed by atoms with van der Waals surface area (Å²) >= 11 is 0. The van der Waals surface area contributed by atoms with Crippen molar-refractivity contribution in [3.63, 3.8) is 0 Å². The van der Waals surface area contributed by atoms with Gasteiger partial charge in [-0.1, -0.05) is 46.8 Å². The first kappa shape index (κ1) is 23.6. The summed E-state index contributed by atoms with van der Waals surface area (Å²) in [5.41, 5.74) is 1.03. The number of hydrogen-bond acceptors (Lipinski definition) is 2. The van der Waals surface area contributed by atoms with Gasteiger partial charge in [-0.2, -0.15) is 0 Å². The minimum absolute atomic E-state index is 0.164. The van der Waals surface area contributed by atoms with Gasteiger partial charge in [-0.3, -0.25) is 9.59 Å². The molecule has 184 valence electrons. The van der Waals surface area contributed by atoms with Crippen molar-refractivity contribution in [3.8, 4) is 0 Å². The van der Waals surface area contributed by atoms with Crippen molar-refractivity contribution in [1.29, 1.82) is 0 Å². The number of aliphatic carboxylic acids is 1. The molecule has 0 bridgehead atoms. The molecule has 0 aliphatic heterocycles. The van der Waals surface area contributed by atoms with E-state index in [9.17, 15) is 14.7 Å². The molecule has 5 saturated carbocycles. The summed E-state index contributed by atoms with van der Waals surface area (Å²) in [5, 5.41) is 10.5. The Morgan fingerprint density at radius 2 is 1.58 bits per heavy atom. The van der Waals surface area contributed by atoms with Crippen molar-refractivity contribution in [3.05, 3.63) is 12.2 Å². The first-order chi connectivity index (χ1) is 15.3. The normalized spacial score (nSPS) is 52.8. The van der Waals surface area contributed by atoms with Gasteiger partial charge in [-0.25, -0.2) is 0 Å². The fourth-order valence-corrected chi connectivity index (χ4v) is 11.3. The third kappa shape index (κ3) is 2.69. The van der Waals surface area contributed by atoms with Crippen LogP contribution in [0.3, 0.4) is 0 Å². The maximum atomic E-state index is 12.9. The molecule has 5 aliphatic carbocycles. The molecular weight excluding hydrogens is 408 g/mol. The van der Waals surface area contributed by atoms with Crippen LogP contribution >= 0.6 is 0 Å². The molecule has 3 nitrogen and oxygen atoms in total. The van der Waals surface area contributed by atoms with Gasteiger partial charge in [0.1, 0.15) is 5.78 Å². The summed E-state index contributed by atoms with van der Waals surface area (Å²) in [7, 11) is 0. The lowest BCUT2D eigenvalue weighted by Gasteiger charge is -2.72. The van der Waals surface area contributed by atoms with E-state index in [1.165, 1.54) is 18.4 Å². The number of carboxylic acid groups (broad SMARTS) is 1. The van der Waals surface area contributed by atoms with Crippen LogP contribution in [0.5, 0.6) is 0 Å². The molecule has 5 rings (SSSR count). The number of carbonyl (C=O) groups is 2. The van der Waals surface area contributed by atoms with Crippen LogP contribution in [0.4, 0.5) is 0 Å². The molecule has 6 unspecified atom stereocenters. The van der Waals surface area contributed by atoms with Crippen molar-refractivity contribution in [2.45, 2.75) is 106 Å². The quantitative estimate of drug-likeness (QED) is 0.445. The highest BCUT2D eigenvalue weighted by Gasteiger charge is 2.72. The molecular formula is C30H46O3. The second-order valence-corrected chi connectivity index (χ2v) is 14.3. The zero-order chi connectivity index (χ0) is 24.2. The summed E-state index contributed by atoms with van der Waals surface area (Å²) in [6, 6.07) is 0. The number of carboxylic acids is 1. The minimum atomic E-state index is -0.547. The van der Waals surface area contributed by atoms with E-state index in [0.29, 0.717) is 29.5 Å². The fourth-order valence-electron chi connectivity index (χ4n) is 11.3. The van der Waals surface area contributed by atoms with Crippen molar-refractivity contribution in [1.82, 2.24) is 0 Å². The van der Waals surface area contributed by atoms with E-state index in [0.717, 1.165) is 51.4 Å². The van der Waals surface area contributed by atoms with Crippen LogP contribution in [-0.4, -0.2) is 16.9 Å². The Morgan fingerprint density at radius 1 is 0.879 bits per heavy atom. The number of Topliss-reactive ketones (excluding diaryl/α,β-unsaturated/α-hetero) is 1. The Hall–Kier alpha value is -1.12. The summed E-state index contributed by atoms with van der Waals surface area (Å²) < 4.78 is 0. The SMILES string of the molecule is C=C(C)C1CCC2(C(=O)O)CC[C@]3(C)C(CCC4[C@@]5(C)CCC(=O)C(C)(C)C5CC[C@]43C)C12. The standard InChI is InChI=1S/C30H46O3/c1-18(2)19-10-15-30(25(32)33)17-16-28(6)20(24(19)30)8-9-22-27(5)13-12-23(31)26(3,4)21(27)11-14-29(22,28)7/h19-22,24H,1,8-17H2,2-7H3,(H,32,33)/t19?,20?,21?,22?,24?,27-,28+,29+,30?/m0/s1. The Morgan fingerprint density at radius 3 is 2.21 bits per heavy atom. The number of fused-ring (bicyclic) bond motifs is 7. The predicted molar refractivity (Wildman–Crippen MR) is 132 cm³/mol. The van der Waals surface area contributed by atoms with Gasteiger partial charge in [0.2, 0.25) is 0 Å². The van der Waals surface area contributed by atoms with Gasteiger partial charge in [0, 0.05) is 11.8 Å². The highest BCUT2D eigenvalue weighted by Crippen LogP contribution is 2.77. The fraction of sp³-hybridized carbons (Fsp3) is 0.867. The van der Waals surface area contributed by atoms with Crippen molar-refractivity contribution in [2.75, 3.05) is 0 Å². The summed E-state index contributed by atoms with van der Waals surface area (Å²) in [6.07, 6.45) is 10.1. The van der Waals surface area contributed by atoms with Gasteiger partial charge < -0.3 is 5.11 Å². The van der Waals surface area contributed by atoms with E-state index >= 15 is 0 Å². The topological polar surface area (TPSA) is 54.4 Å². The van der Waals surface area contributed by atoms with Crippen molar-refractivity contribution in [2.24, 2.45) is 56.7 Å². The van der Waals surface area contributed by atoms with Crippen LogP contribution in [0.25, 0.3) is 0 Å². The summed E-state index contributed by atoms with van der Waals surface area (Å²) in [5.74, 6) is 2.07. The lowest BCUT2D eigenvalue weighted by atomic mass is 9.32. The van der Waals surface area contributed by atoms with Crippen LogP contribution < -0.4 is 0 Å². The third-order valence-corrected chi connectivity index (χ3v) is 13.2. The number of rotatable bonds is 2. The van der Waals surface area contributed by atoms with Gasteiger partial charge in [0.05, 0.1) is 5.41 Å². The molecule has 0 aromatic rings. The second kappa shape index (κ2) is 6.97. The number of ketones is 1. The number of allylic oxidation sites excluding steroid dienone is 1. The van der Waals surface area contributed by atoms with Gasteiger partial charge in [0.15, 0.2) is 0 Å². The van der Waals surface area contributed by atoms with Crippen LogP contribution in [0.15, 0.2) is 12.2 Å². The average Bonchev–Trinajstić information content (AvgIpc) is 3.13. The van der Waals surface area contributed by atoms with E-state index in [1.807, 2.05) is 0 Å². The molecule has 0 heterocycles. The number of hydrogen-bond donors (Lipinski definition) is 1. The van der Waals surface area contributed by atoms with Gasteiger partial charge >= 0.3 is 5.97 Å². The van der Waals surface area contributed by atoms with Crippen molar-refractivity contribution >= 4 is 11.8 Å². The molecule has 0 saturated heterocycles. The first-order valence-corrected chi connectivity index (χ1v) is 13.7. The molecule has 1 N–H and O–H groups in total. The molecule has 0 aromatic heterocycles. The van der Waals surface area contributed by atoms with Gasteiger partial charge in [-0.05, 0) is 111 Å². The van der Waals surface area contributed by atoms with E-state index in [2.05, 4.69) is 48.1 Å². The zero-order valence-corrected chi connectivity index (χ0v) is 21.9. The molecule has 0 aromatic carbocycles. The summed E-state index contributed by atoms with van der Waals surface area (Å²) in [4.78, 5) is 25.7. The summed E-state index contributed by atoms with van der Waals surface area (Å²) in [6.45, 7) is 18.5. The van der Waals surface area contributed by atoms with Gasteiger partial charge in [0.25, 0.3) is 0 Å². The average molecular weight is 455 g/mol. The van der Waals surface area contributed by atoms with E-state index < -0.39 is 11.4 Å². The number of carbonyl (C=O) groups excluding carboxylic acids is 1. The molecule has 5 aliphatic rings. The van der Waals surface area contributed by atoms with Crippen LogP contribution in [-0.2, 0) is 9.59 Å². The maximum absolute atomic E-state index is 12.9.